The van der Waals surface area contributed by atoms with Crippen LogP contribution in [0.3, 0.4) is 0 Å². The van der Waals surface area contributed by atoms with Crippen LogP contribution in [0.25, 0.3) is 0 Å². The maximum Gasteiger partial charge on any atom is 0.339 e. The number of piperidine rings is 1. The summed E-state index contributed by atoms with van der Waals surface area (Å²) < 4.78 is 32.8. The summed E-state index contributed by atoms with van der Waals surface area (Å²) in [5.41, 5.74) is -0.0185. The Bertz CT molecular complexity index is 1080. The number of ether oxygens (including phenoxy) is 1. The van der Waals surface area contributed by atoms with Crippen LogP contribution in [-0.4, -0.2) is 47.3 Å². The largest absolute Gasteiger partial charge is 0.493 e. The van der Waals surface area contributed by atoms with Crippen molar-refractivity contribution < 1.29 is 28.5 Å². The van der Waals surface area contributed by atoms with Gasteiger partial charge in [0.05, 0.1) is 6.61 Å². The summed E-state index contributed by atoms with van der Waals surface area (Å²) in [6.45, 7) is 2.72. The normalized spacial score (nSPS) is 15.2. The van der Waals surface area contributed by atoms with Gasteiger partial charge in [0, 0.05) is 6.54 Å². The Hall–Kier alpha value is -3.29. The summed E-state index contributed by atoms with van der Waals surface area (Å²) in [6.07, 6.45) is 2.17. The molecule has 1 aliphatic heterocycles. The van der Waals surface area contributed by atoms with Crippen molar-refractivity contribution in [3.05, 3.63) is 101 Å². The molecule has 1 aliphatic rings. The molecule has 1 heterocycles. The average molecular weight is 482 g/mol. The Morgan fingerprint density at radius 2 is 1.46 bits per heavy atom. The Morgan fingerprint density at radius 1 is 0.914 bits per heavy atom. The number of para-hydroxylation sites is 1. The zero-order valence-electron chi connectivity index (χ0n) is 19.4. The first kappa shape index (κ1) is 24.8. The summed E-state index contributed by atoms with van der Waals surface area (Å²) in [5, 5.41) is 21.2. The van der Waals surface area contributed by atoms with Gasteiger partial charge in [-0.15, -0.1) is 0 Å². The van der Waals surface area contributed by atoms with E-state index in [9.17, 15) is 23.8 Å². The van der Waals surface area contributed by atoms with E-state index >= 15 is 0 Å². The van der Waals surface area contributed by atoms with E-state index in [0.29, 0.717) is 36.3 Å². The Balaban J connectivity index is 1.37. The number of carboxylic acids is 1. The molecule has 0 saturated carbocycles. The highest BCUT2D eigenvalue weighted by Crippen LogP contribution is 2.42. The van der Waals surface area contributed by atoms with Crippen molar-refractivity contribution in [3.8, 4) is 5.75 Å². The molecule has 184 valence electrons. The molecule has 0 amide bonds. The molecular weight excluding hydrogens is 452 g/mol. The third kappa shape index (κ3) is 5.69. The number of rotatable bonds is 9. The number of aliphatic hydroxyl groups is 1. The first-order valence-electron chi connectivity index (χ1n) is 11.8. The first-order valence-corrected chi connectivity index (χ1v) is 11.8. The maximum absolute atomic E-state index is 13.6. The van der Waals surface area contributed by atoms with Crippen LogP contribution in [0.1, 0.15) is 40.7 Å². The van der Waals surface area contributed by atoms with E-state index in [4.69, 9.17) is 4.74 Å². The van der Waals surface area contributed by atoms with Gasteiger partial charge in [-0.2, -0.15) is 0 Å². The number of nitrogens with zero attached hydrogens (tertiary/aromatic N) is 1. The molecular formula is C28H29F2NO4. The van der Waals surface area contributed by atoms with Crippen molar-refractivity contribution in [2.45, 2.75) is 24.9 Å². The summed E-state index contributed by atoms with van der Waals surface area (Å²) in [5.74, 6) is -1.52. The number of carbonyl (C=O) groups is 1. The third-order valence-electron chi connectivity index (χ3n) is 6.74. The number of likely N-dealkylation sites (tertiary alicyclic amines) is 1. The minimum atomic E-state index is -1.35. The second-order valence-electron chi connectivity index (χ2n) is 8.90. The molecule has 3 aromatic carbocycles. The first-order chi connectivity index (χ1) is 16.9. The van der Waals surface area contributed by atoms with Crippen LogP contribution in [0.5, 0.6) is 5.75 Å². The van der Waals surface area contributed by atoms with Crippen LogP contribution < -0.4 is 4.74 Å². The van der Waals surface area contributed by atoms with E-state index in [2.05, 4.69) is 4.90 Å². The summed E-state index contributed by atoms with van der Waals surface area (Å²) in [7, 11) is 0. The van der Waals surface area contributed by atoms with Crippen molar-refractivity contribution in [3.63, 3.8) is 0 Å². The van der Waals surface area contributed by atoms with Gasteiger partial charge >= 0.3 is 5.97 Å². The fourth-order valence-corrected chi connectivity index (χ4v) is 4.86. The molecule has 0 aromatic heterocycles. The summed E-state index contributed by atoms with van der Waals surface area (Å²) >= 11 is 0. The fourth-order valence-electron chi connectivity index (χ4n) is 4.86. The summed E-state index contributed by atoms with van der Waals surface area (Å²) in [6, 6.07) is 18.3. The number of halogens is 2. The van der Waals surface area contributed by atoms with Gasteiger partial charge in [0.2, 0.25) is 0 Å². The van der Waals surface area contributed by atoms with E-state index in [1.165, 1.54) is 30.3 Å². The van der Waals surface area contributed by atoms with Crippen LogP contribution in [0, 0.1) is 17.6 Å². The molecule has 0 atom stereocenters. The molecule has 35 heavy (non-hydrogen) atoms. The third-order valence-corrected chi connectivity index (χ3v) is 6.74. The van der Waals surface area contributed by atoms with Crippen molar-refractivity contribution in [1.29, 1.82) is 0 Å². The van der Waals surface area contributed by atoms with E-state index < -0.39 is 11.6 Å². The van der Waals surface area contributed by atoms with Gasteiger partial charge < -0.3 is 19.8 Å². The van der Waals surface area contributed by atoms with Crippen LogP contribution in [-0.2, 0) is 5.60 Å². The standard InChI is InChI=1S/C28H29F2NO4/c29-23-10-6-20(7-11-23)28(34,21-8-12-24(30)13-9-21)22-14-17-31(18-15-22)16-3-19-35-26-5-2-1-4-25(26)27(32)33/h1-2,4-13,22,34H,3,14-19H2,(H,32,33). The lowest BCUT2D eigenvalue weighted by atomic mass is 9.72. The number of benzene rings is 3. The molecule has 0 radical (unpaired) electrons. The van der Waals surface area contributed by atoms with E-state index in [1.54, 1.807) is 42.5 Å². The molecule has 1 fully saturated rings. The second-order valence-corrected chi connectivity index (χ2v) is 8.90. The molecule has 5 nitrogen and oxygen atoms in total. The molecule has 0 bridgehead atoms. The van der Waals surface area contributed by atoms with E-state index in [0.717, 1.165) is 26.1 Å². The number of carboxylic acid groups (broad SMARTS) is 1. The van der Waals surface area contributed by atoms with Gasteiger partial charge in [0.25, 0.3) is 0 Å². The van der Waals surface area contributed by atoms with Gasteiger partial charge in [-0.3, -0.25) is 0 Å². The molecule has 1 saturated heterocycles. The Morgan fingerprint density at radius 3 is 2.00 bits per heavy atom. The molecule has 2 N–H and O–H groups in total. The van der Waals surface area contributed by atoms with Crippen molar-refractivity contribution >= 4 is 5.97 Å². The second kappa shape index (κ2) is 11.0. The zero-order valence-corrected chi connectivity index (χ0v) is 19.4. The molecule has 7 heteroatoms. The maximum atomic E-state index is 13.6. The van der Waals surface area contributed by atoms with Crippen molar-refractivity contribution in [1.82, 2.24) is 4.90 Å². The number of hydrogen-bond donors (Lipinski definition) is 2. The van der Waals surface area contributed by atoms with Gasteiger partial charge in [-0.1, -0.05) is 36.4 Å². The number of aromatic carboxylic acids is 1. The minimum Gasteiger partial charge on any atom is -0.493 e. The van der Waals surface area contributed by atoms with Crippen LogP contribution in [0.4, 0.5) is 8.78 Å². The van der Waals surface area contributed by atoms with Crippen LogP contribution in [0.15, 0.2) is 72.8 Å². The smallest absolute Gasteiger partial charge is 0.339 e. The molecule has 3 aromatic rings. The zero-order chi connectivity index (χ0) is 24.8. The lowest BCUT2D eigenvalue weighted by molar-refractivity contribution is -0.0147. The van der Waals surface area contributed by atoms with Crippen molar-refractivity contribution in [2.75, 3.05) is 26.2 Å². The van der Waals surface area contributed by atoms with Crippen LogP contribution in [0.2, 0.25) is 0 Å². The SMILES string of the molecule is O=C(O)c1ccccc1OCCCN1CCC(C(O)(c2ccc(F)cc2)c2ccc(F)cc2)CC1. The van der Waals surface area contributed by atoms with Gasteiger partial charge in [-0.25, -0.2) is 13.6 Å². The molecule has 4 rings (SSSR count). The van der Waals surface area contributed by atoms with E-state index in [-0.39, 0.29) is 23.1 Å². The average Bonchev–Trinajstić information content (AvgIpc) is 2.87. The predicted molar refractivity (Wildman–Crippen MR) is 128 cm³/mol. The van der Waals surface area contributed by atoms with Gasteiger partial charge in [0.1, 0.15) is 28.5 Å². The van der Waals surface area contributed by atoms with Gasteiger partial charge in [-0.05, 0) is 85.8 Å². The molecule has 0 spiro atoms. The quantitative estimate of drug-likeness (QED) is 0.417. The van der Waals surface area contributed by atoms with Crippen LogP contribution >= 0.6 is 0 Å². The summed E-state index contributed by atoms with van der Waals surface area (Å²) in [4.78, 5) is 13.6. The van der Waals surface area contributed by atoms with Gasteiger partial charge in [0.15, 0.2) is 0 Å². The lowest BCUT2D eigenvalue weighted by Gasteiger charge is -2.42. The van der Waals surface area contributed by atoms with Crippen molar-refractivity contribution in [2.24, 2.45) is 5.92 Å². The minimum absolute atomic E-state index is 0.117. The number of hydrogen-bond acceptors (Lipinski definition) is 4. The fraction of sp³-hybridized carbons (Fsp3) is 0.321. The molecule has 0 unspecified atom stereocenters. The monoisotopic (exact) mass is 481 g/mol. The Labute approximate surface area is 203 Å². The lowest BCUT2D eigenvalue weighted by Crippen LogP contribution is -2.44. The molecule has 0 aliphatic carbocycles. The Kier molecular flexibility index (Phi) is 7.78. The highest BCUT2D eigenvalue weighted by atomic mass is 19.1. The topological polar surface area (TPSA) is 70.0 Å². The predicted octanol–water partition coefficient (Wildman–Crippen LogP) is 5.08. The highest BCUT2D eigenvalue weighted by Gasteiger charge is 2.41. The van der Waals surface area contributed by atoms with E-state index in [1.807, 2.05) is 0 Å². The highest BCUT2D eigenvalue weighted by molar-refractivity contribution is 5.90.